The highest BCUT2D eigenvalue weighted by Crippen LogP contribution is 2.75. The maximum absolute atomic E-state index is 13.0. The molecule has 0 aliphatic heterocycles. The molecule has 0 unspecified atom stereocenters. The summed E-state index contributed by atoms with van der Waals surface area (Å²) in [4.78, 5) is 52.1. The highest BCUT2D eigenvalue weighted by Gasteiger charge is 2.79. The number of hydrogen-bond donors (Lipinski definition) is 2. The number of hydrogen-bond acceptors (Lipinski definition) is 10. The summed E-state index contributed by atoms with van der Waals surface area (Å²) in [7, 11) is 4.43. The van der Waals surface area contributed by atoms with E-state index in [-0.39, 0.29) is 24.0 Å². The van der Waals surface area contributed by atoms with Crippen molar-refractivity contribution < 1.29 is 48.3 Å². The van der Waals surface area contributed by atoms with Gasteiger partial charge in [-0.15, -0.1) is 0 Å². The molecule has 0 spiro atoms. The predicted octanol–water partition coefficient (Wildman–Crippen LogP) is 1.89. The molecule has 0 amide bonds. The molecule has 0 saturated heterocycles. The molecule has 0 bridgehead atoms. The second kappa shape index (κ2) is 8.48. The fraction of sp³-hybridized carbons (Fsp3) is 0.636. The average Bonchev–Trinajstić information content (AvgIpc) is 3.09. The molecule has 0 heterocycles. The molecule has 3 aliphatic rings. The zero-order chi connectivity index (χ0) is 23.8. The standard InChI is InChI=1S/C22H28O10/c1-29-17(25)11-15(23)12(18(26)30-2)22-10-8-6-5-7-9-21(11,22)13(19(27)31-3)16(24)14(22)20(28)32-4/h11,14,23-24H,5-10H2,1-4H3/t11-,14-,21-,22+/m1/s1. The first-order valence-corrected chi connectivity index (χ1v) is 10.4. The van der Waals surface area contributed by atoms with E-state index in [2.05, 4.69) is 0 Å². The molecular weight excluding hydrogens is 424 g/mol. The van der Waals surface area contributed by atoms with Crippen molar-refractivity contribution >= 4 is 23.9 Å². The first-order chi connectivity index (χ1) is 15.2. The van der Waals surface area contributed by atoms with Crippen LogP contribution in [0.15, 0.2) is 22.7 Å². The van der Waals surface area contributed by atoms with Crippen LogP contribution in [0.3, 0.4) is 0 Å². The fourth-order valence-electron chi connectivity index (χ4n) is 6.25. The van der Waals surface area contributed by atoms with E-state index < -0.39 is 58.1 Å². The minimum Gasteiger partial charge on any atom is -0.511 e. The SMILES string of the molecule is COC(=O)C1=C(O)[C@H](C(=O)OC)[C@@]23CCCCCC[C@@]12[C@@H](C(=O)OC)C(O)=C3C(=O)OC. The number of carbonyl (C=O) groups excluding carboxylic acids is 4. The van der Waals surface area contributed by atoms with Crippen molar-refractivity contribution in [3.63, 3.8) is 0 Å². The van der Waals surface area contributed by atoms with Gasteiger partial charge in [0.15, 0.2) is 0 Å². The summed E-state index contributed by atoms with van der Waals surface area (Å²) in [6.45, 7) is 0. The quantitative estimate of drug-likeness (QED) is 0.479. The zero-order valence-electron chi connectivity index (χ0n) is 18.6. The normalized spacial score (nSPS) is 31.8. The first-order valence-electron chi connectivity index (χ1n) is 10.4. The molecule has 3 aliphatic carbocycles. The van der Waals surface area contributed by atoms with Crippen molar-refractivity contribution in [2.45, 2.75) is 38.5 Å². The van der Waals surface area contributed by atoms with E-state index in [0.29, 0.717) is 12.8 Å². The van der Waals surface area contributed by atoms with Crippen LogP contribution in [0.25, 0.3) is 0 Å². The minimum atomic E-state index is -1.66. The average molecular weight is 452 g/mol. The number of ether oxygens (including phenoxy) is 4. The van der Waals surface area contributed by atoms with Crippen molar-refractivity contribution in [1.29, 1.82) is 0 Å². The Kier molecular flexibility index (Phi) is 6.26. The Balaban J connectivity index is 2.52. The molecule has 2 N–H and O–H groups in total. The van der Waals surface area contributed by atoms with Gasteiger partial charge in [0.1, 0.15) is 23.4 Å². The Bertz CT molecular complexity index is 842. The third-order valence-corrected chi connectivity index (χ3v) is 7.28. The van der Waals surface area contributed by atoms with E-state index in [9.17, 15) is 29.4 Å². The van der Waals surface area contributed by atoms with Gasteiger partial charge in [-0.1, -0.05) is 25.7 Å². The van der Waals surface area contributed by atoms with Crippen LogP contribution in [-0.2, 0) is 38.1 Å². The van der Waals surface area contributed by atoms with E-state index in [1.54, 1.807) is 0 Å². The molecule has 32 heavy (non-hydrogen) atoms. The van der Waals surface area contributed by atoms with E-state index in [1.807, 2.05) is 0 Å². The van der Waals surface area contributed by atoms with E-state index in [4.69, 9.17) is 18.9 Å². The maximum atomic E-state index is 13.0. The van der Waals surface area contributed by atoms with Crippen LogP contribution in [0.5, 0.6) is 0 Å². The van der Waals surface area contributed by atoms with E-state index in [0.717, 1.165) is 41.3 Å². The topological polar surface area (TPSA) is 146 Å². The predicted molar refractivity (Wildman–Crippen MR) is 107 cm³/mol. The second-order valence-corrected chi connectivity index (χ2v) is 8.27. The van der Waals surface area contributed by atoms with Gasteiger partial charge in [-0.3, -0.25) is 9.59 Å². The molecule has 10 heteroatoms. The highest BCUT2D eigenvalue weighted by atomic mass is 16.5. The van der Waals surface area contributed by atoms with Gasteiger partial charge in [-0.25, -0.2) is 9.59 Å². The Morgan fingerprint density at radius 3 is 1.28 bits per heavy atom. The Morgan fingerprint density at radius 2 is 1.00 bits per heavy atom. The molecule has 4 atom stereocenters. The summed E-state index contributed by atoms with van der Waals surface area (Å²) in [5, 5.41) is 22.5. The van der Waals surface area contributed by atoms with Gasteiger partial charge >= 0.3 is 23.9 Å². The van der Waals surface area contributed by atoms with Crippen molar-refractivity contribution in [3.05, 3.63) is 22.7 Å². The molecule has 0 aromatic heterocycles. The van der Waals surface area contributed by atoms with Crippen LogP contribution in [0, 0.1) is 22.7 Å². The van der Waals surface area contributed by atoms with E-state index in [1.165, 1.54) is 0 Å². The third kappa shape index (κ3) is 2.77. The van der Waals surface area contributed by atoms with Crippen LogP contribution in [0.4, 0.5) is 0 Å². The fourth-order valence-corrected chi connectivity index (χ4v) is 6.25. The third-order valence-electron chi connectivity index (χ3n) is 7.28. The lowest BCUT2D eigenvalue weighted by atomic mass is 9.51. The van der Waals surface area contributed by atoms with Crippen LogP contribution in [0.1, 0.15) is 38.5 Å². The molecule has 0 aromatic rings. The molecule has 10 nitrogen and oxygen atoms in total. The zero-order valence-corrected chi connectivity index (χ0v) is 18.6. The number of methoxy groups -OCH3 is 4. The number of carbonyl (C=O) groups is 4. The molecule has 1 saturated carbocycles. The summed E-state index contributed by atoms with van der Waals surface area (Å²) in [6, 6.07) is 0. The number of aliphatic hydroxyl groups is 2. The number of aliphatic hydroxyl groups excluding tert-OH is 2. The van der Waals surface area contributed by atoms with Crippen molar-refractivity contribution in [2.75, 3.05) is 28.4 Å². The van der Waals surface area contributed by atoms with Gasteiger partial charge in [-0.05, 0) is 12.8 Å². The summed E-state index contributed by atoms with van der Waals surface area (Å²) in [5.74, 6) is -8.06. The Morgan fingerprint density at radius 1 is 0.656 bits per heavy atom. The van der Waals surface area contributed by atoms with Gasteiger partial charge in [0.2, 0.25) is 0 Å². The lowest BCUT2D eigenvalue weighted by Gasteiger charge is -2.48. The Labute approximate surface area is 185 Å². The molecule has 0 radical (unpaired) electrons. The monoisotopic (exact) mass is 452 g/mol. The van der Waals surface area contributed by atoms with Gasteiger partial charge in [-0.2, -0.15) is 0 Å². The molecule has 1 fully saturated rings. The van der Waals surface area contributed by atoms with Gasteiger partial charge in [0.25, 0.3) is 0 Å². The summed E-state index contributed by atoms with van der Waals surface area (Å²) < 4.78 is 19.8. The smallest absolute Gasteiger partial charge is 0.337 e. The molecule has 0 aromatic carbocycles. The van der Waals surface area contributed by atoms with Gasteiger partial charge in [0, 0.05) is 10.8 Å². The van der Waals surface area contributed by atoms with Crippen LogP contribution in [0.2, 0.25) is 0 Å². The number of esters is 4. The van der Waals surface area contributed by atoms with Gasteiger partial charge < -0.3 is 29.2 Å². The number of rotatable bonds is 4. The molecular formula is C22H28O10. The largest absolute Gasteiger partial charge is 0.511 e. The molecule has 3 rings (SSSR count). The van der Waals surface area contributed by atoms with Crippen LogP contribution in [-0.4, -0.2) is 62.5 Å². The van der Waals surface area contributed by atoms with Crippen molar-refractivity contribution in [1.82, 2.24) is 0 Å². The summed E-state index contributed by atoms with van der Waals surface area (Å²) >= 11 is 0. The van der Waals surface area contributed by atoms with Gasteiger partial charge in [0.05, 0.1) is 39.6 Å². The van der Waals surface area contributed by atoms with Crippen LogP contribution < -0.4 is 0 Å². The van der Waals surface area contributed by atoms with Crippen molar-refractivity contribution in [2.24, 2.45) is 22.7 Å². The Hall–Kier alpha value is -3.04. The highest BCUT2D eigenvalue weighted by molar-refractivity contribution is 6.03. The lowest BCUT2D eigenvalue weighted by Crippen LogP contribution is -2.51. The minimum absolute atomic E-state index is 0.110. The first kappa shape index (κ1) is 23.6. The second-order valence-electron chi connectivity index (χ2n) is 8.27. The summed E-state index contributed by atoms with van der Waals surface area (Å²) in [6.07, 6.45) is 2.71. The lowest BCUT2D eigenvalue weighted by molar-refractivity contribution is -0.160. The molecule has 176 valence electrons. The summed E-state index contributed by atoms with van der Waals surface area (Å²) in [5.41, 5.74) is -3.97. The van der Waals surface area contributed by atoms with E-state index >= 15 is 0 Å². The van der Waals surface area contributed by atoms with Crippen molar-refractivity contribution in [3.8, 4) is 0 Å². The van der Waals surface area contributed by atoms with Crippen LogP contribution >= 0.6 is 0 Å². The maximum Gasteiger partial charge on any atom is 0.337 e.